The molecule has 0 saturated carbocycles. The summed E-state index contributed by atoms with van der Waals surface area (Å²) in [6.45, 7) is 0. The smallest absolute Gasteiger partial charge is 0.258 e. The van der Waals surface area contributed by atoms with Crippen LogP contribution < -0.4 is 0 Å². The third-order valence-electron chi connectivity index (χ3n) is 1.65. The normalized spacial score (nSPS) is 10.7. The molecule has 0 unspecified atom stereocenters. The Morgan fingerprint density at radius 3 is 2.80 bits per heavy atom. The van der Waals surface area contributed by atoms with Gasteiger partial charge in [0.2, 0.25) is 0 Å². The van der Waals surface area contributed by atoms with E-state index in [1.165, 1.54) is 17.8 Å². The quantitative estimate of drug-likeness (QED) is 0.261. The first-order chi connectivity index (χ1) is 7.25. The number of halogens is 1. The molecule has 0 aromatic heterocycles. The summed E-state index contributed by atoms with van der Waals surface area (Å²) in [4.78, 5) is 11.0. The molecule has 0 heterocycles. The minimum Gasteiger partial charge on any atom is -0.258 e. The van der Waals surface area contributed by atoms with E-state index in [4.69, 9.17) is 11.6 Å². The van der Waals surface area contributed by atoms with E-state index in [0.29, 0.717) is 16.5 Å². The number of alkyl halides is 1. The number of hydrogen-bond donors (Lipinski definition) is 0. The molecule has 0 N–H and O–H groups in total. The molecule has 0 radical (unpaired) electrons. The van der Waals surface area contributed by atoms with Gasteiger partial charge in [-0.15, -0.1) is 23.4 Å². The highest BCUT2D eigenvalue weighted by molar-refractivity contribution is 7.99. The maximum atomic E-state index is 10.7. The Labute approximate surface area is 97.3 Å². The van der Waals surface area contributed by atoms with Crippen molar-refractivity contribution in [3.05, 3.63) is 46.5 Å². The van der Waals surface area contributed by atoms with Crippen molar-refractivity contribution in [3.8, 4) is 0 Å². The summed E-state index contributed by atoms with van der Waals surface area (Å²) < 4.78 is 0. The molecule has 0 aliphatic rings. The van der Waals surface area contributed by atoms with Crippen molar-refractivity contribution in [3.63, 3.8) is 0 Å². The molecule has 0 fully saturated rings. The van der Waals surface area contributed by atoms with Crippen LogP contribution in [0, 0.1) is 10.1 Å². The highest BCUT2D eigenvalue weighted by atomic mass is 35.5. The summed E-state index contributed by atoms with van der Waals surface area (Å²) in [5.74, 6) is 1.16. The van der Waals surface area contributed by atoms with Crippen molar-refractivity contribution in [2.45, 2.75) is 4.90 Å². The largest absolute Gasteiger partial charge is 0.282 e. The lowest BCUT2D eigenvalue weighted by atomic mass is 10.3. The lowest BCUT2D eigenvalue weighted by Crippen LogP contribution is -1.90. The molecule has 0 atom stereocenters. The van der Waals surface area contributed by atoms with Crippen LogP contribution in [0.5, 0.6) is 0 Å². The van der Waals surface area contributed by atoms with Crippen LogP contribution in [-0.4, -0.2) is 16.6 Å². The van der Waals surface area contributed by atoms with Gasteiger partial charge in [0.1, 0.15) is 0 Å². The topological polar surface area (TPSA) is 43.1 Å². The zero-order valence-corrected chi connectivity index (χ0v) is 9.50. The molecule has 5 heteroatoms. The Morgan fingerprint density at radius 1 is 1.40 bits per heavy atom. The third kappa shape index (κ3) is 3.93. The van der Waals surface area contributed by atoms with Gasteiger partial charge in [-0.3, -0.25) is 10.1 Å². The fourth-order valence-electron chi connectivity index (χ4n) is 0.999. The first kappa shape index (κ1) is 12.1. The third-order valence-corrected chi connectivity index (χ3v) is 2.85. The van der Waals surface area contributed by atoms with Crippen LogP contribution in [-0.2, 0) is 0 Å². The second-order valence-corrected chi connectivity index (χ2v) is 4.03. The molecular weight excluding hydrogens is 234 g/mol. The van der Waals surface area contributed by atoms with Crippen LogP contribution >= 0.6 is 23.4 Å². The number of nitro groups is 1. The van der Waals surface area contributed by atoms with E-state index < -0.39 is 0 Å². The fraction of sp³-hybridized carbons (Fsp3) is 0.200. The predicted octanol–water partition coefficient (Wildman–Crippen LogP) is 3.48. The average Bonchev–Trinajstić information content (AvgIpc) is 2.25. The Balaban J connectivity index is 2.67. The summed E-state index contributed by atoms with van der Waals surface area (Å²) in [7, 11) is 0. The van der Waals surface area contributed by atoms with Crippen molar-refractivity contribution in [1.29, 1.82) is 0 Å². The number of rotatable bonds is 5. The molecule has 0 saturated heterocycles. The van der Waals surface area contributed by atoms with Crippen molar-refractivity contribution < 1.29 is 4.92 Å². The average molecular weight is 244 g/mol. The number of nitrogens with zero attached hydrogens (tertiary/aromatic N) is 1. The highest BCUT2D eigenvalue weighted by Gasteiger charge is 2.11. The number of benzene rings is 1. The van der Waals surface area contributed by atoms with Gasteiger partial charge in [-0.1, -0.05) is 24.3 Å². The van der Waals surface area contributed by atoms with Gasteiger partial charge < -0.3 is 0 Å². The van der Waals surface area contributed by atoms with E-state index in [2.05, 4.69) is 0 Å². The minimum atomic E-state index is -0.367. The molecule has 1 aromatic carbocycles. The summed E-state index contributed by atoms with van der Waals surface area (Å²) >= 11 is 6.89. The van der Waals surface area contributed by atoms with Crippen LogP contribution in [0.15, 0.2) is 41.3 Å². The molecule has 0 aliphatic carbocycles. The summed E-state index contributed by atoms with van der Waals surface area (Å²) in [5, 5.41) is 10.7. The van der Waals surface area contributed by atoms with E-state index in [0.717, 1.165) is 0 Å². The molecule has 0 amide bonds. The lowest BCUT2D eigenvalue weighted by molar-refractivity contribution is -0.387. The van der Waals surface area contributed by atoms with Crippen LogP contribution in [0.2, 0.25) is 0 Å². The molecule has 0 spiro atoms. The van der Waals surface area contributed by atoms with Crippen molar-refractivity contribution in [2.75, 3.05) is 11.6 Å². The standard InChI is InChI=1S/C10H10ClNO2S/c11-7-3-4-8-15-10-6-2-1-5-9(10)12(13)14/h1-6H,7-8H2. The summed E-state index contributed by atoms with van der Waals surface area (Å²) in [6, 6.07) is 6.71. The lowest BCUT2D eigenvalue weighted by Gasteiger charge is -1.99. The first-order valence-electron chi connectivity index (χ1n) is 4.33. The SMILES string of the molecule is O=[N+]([O-])c1ccccc1SCC=CCCl. The number of nitro benzene ring substituents is 1. The second kappa shape index (κ2) is 6.48. The summed E-state index contributed by atoms with van der Waals surface area (Å²) in [5.41, 5.74) is 0.154. The van der Waals surface area contributed by atoms with Crippen molar-refractivity contribution in [1.82, 2.24) is 0 Å². The van der Waals surface area contributed by atoms with Gasteiger partial charge in [0, 0.05) is 17.7 Å². The van der Waals surface area contributed by atoms with E-state index in [1.807, 2.05) is 12.2 Å². The van der Waals surface area contributed by atoms with Gasteiger partial charge in [-0.2, -0.15) is 0 Å². The zero-order chi connectivity index (χ0) is 11.1. The molecule has 1 aromatic rings. The molecule has 80 valence electrons. The van der Waals surface area contributed by atoms with Gasteiger partial charge in [0.15, 0.2) is 0 Å². The Morgan fingerprint density at radius 2 is 2.13 bits per heavy atom. The number of allylic oxidation sites excluding steroid dienone is 1. The van der Waals surface area contributed by atoms with Crippen molar-refractivity contribution >= 4 is 29.1 Å². The molecule has 15 heavy (non-hydrogen) atoms. The zero-order valence-electron chi connectivity index (χ0n) is 7.93. The molecule has 0 aliphatic heterocycles. The predicted molar refractivity (Wildman–Crippen MR) is 63.7 cm³/mol. The molecule has 1 rings (SSSR count). The first-order valence-corrected chi connectivity index (χ1v) is 5.85. The monoisotopic (exact) mass is 243 g/mol. The molecular formula is C10H10ClNO2S. The Kier molecular flexibility index (Phi) is 5.21. The maximum Gasteiger partial charge on any atom is 0.282 e. The van der Waals surface area contributed by atoms with E-state index >= 15 is 0 Å². The summed E-state index contributed by atoms with van der Waals surface area (Å²) in [6.07, 6.45) is 3.72. The second-order valence-electron chi connectivity index (χ2n) is 2.66. The van der Waals surface area contributed by atoms with Gasteiger partial charge in [0.25, 0.3) is 5.69 Å². The number of para-hydroxylation sites is 1. The highest BCUT2D eigenvalue weighted by Crippen LogP contribution is 2.28. The number of hydrogen-bond acceptors (Lipinski definition) is 3. The Hall–Kier alpha value is -1.000. The van der Waals surface area contributed by atoms with Gasteiger partial charge >= 0.3 is 0 Å². The number of thioether (sulfide) groups is 1. The maximum absolute atomic E-state index is 10.7. The van der Waals surface area contributed by atoms with Crippen molar-refractivity contribution in [2.24, 2.45) is 0 Å². The van der Waals surface area contributed by atoms with Gasteiger partial charge in [-0.25, -0.2) is 0 Å². The molecule has 0 bridgehead atoms. The van der Waals surface area contributed by atoms with Gasteiger partial charge in [-0.05, 0) is 6.07 Å². The minimum absolute atomic E-state index is 0.154. The van der Waals surface area contributed by atoms with Crippen LogP contribution in [0.1, 0.15) is 0 Å². The van der Waals surface area contributed by atoms with Crippen LogP contribution in [0.3, 0.4) is 0 Å². The van der Waals surface area contributed by atoms with E-state index in [9.17, 15) is 10.1 Å². The van der Waals surface area contributed by atoms with E-state index in [1.54, 1.807) is 18.2 Å². The Bertz CT molecular complexity index is 368. The van der Waals surface area contributed by atoms with Crippen LogP contribution in [0.4, 0.5) is 5.69 Å². The van der Waals surface area contributed by atoms with E-state index in [-0.39, 0.29) is 10.6 Å². The molecule has 3 nitrogen and oxygen atoms in total. The van der Waals surface area contributed by atoms with Crippen LogP contribution in [0.25, 0.3) is 0 Å². The van der Waals surface area contributed by atoms with Gasteiger partial charge in [0.05, 0.1) is 9.82 Å². The fourth-order valence-corrected chi connectivity index (χ4v) is 2.00.